The van der Waals surface area contributed by atoms with Gasteiger partial charge in [-0.3, -0.25) is 10.1 Å². The summed E-state index contributed by atoms with van der Waals surface area (Å²) in [7, 11) is -3.31. The van der Waals surface area contributed by atoms with Gasteiger partial charge in [0.05, 0.1) is 20.8 Å². The molecule has 1 saturated carbocycles. The van der Waals surface area contributed by atoms with E-state index in [-0.39, 0.29) is 29.3 Å². The van der Waals surface area contributed by atoms with Crippen LogP contribution in [0, 0.1) is 0 Å². The molecule has 0 spiro atoms. The molecule has 12 heteroatoms. The van der Waals surface area contributed by atoms with Crippen LogP contribution in [0.25, 0.3) is 10.2 Å². The van der Waals surface area contributed by atoms with Gasteiger partial charge in [-0.2, -0.15) is 0 Å². The number of fused-ring (bicyclic) bond motifs is 1. The Balaban J connectivity index is 1.27. The molecule has 0 unspecified atom stereocenters. The van der Waals surface area contributed by atoms with Gasteiger partial charge in [0.1, 0.15) is 0 Å². The van der Waals surface area contributed by atoms with Crippen LogP contribution < -0.4 is 16.0 Å². The number of thiazole rings is 2. The molecule has 3 amide bonds. The zero-order valence-corrected chi connectivity index (χ0v) is 20.5. The molecular formula is C21H25N5O4S3. The normalized spacial score (nSPS) is 14.8. The van der Waals surface area contributed by atoms with E-state index in [1.165, 1.54) is 35.2 Å². The Labute approximate surface area is 199 Å². The number of carbonyl (C=O) groups is 2. The molecular weight excluding hydrogens is 482 g/mol. The summed E-state index contributed by atoms with van der Waals surface area (Å²) >= 11 is 2.55. The molecule has 9 nitrogen and oxygen atoms in total. The van der Waals surface area contributed by atoms with Crippen molar-refractivity contribution in [2.24, 2.45) is 0 Å². The van der Waals surface area contributed by atoms with Crippen LogP contribution in [0.1, 0.15) is 44.2 Å². The number of sulfone groups is 1. The smallest absolute Gasteiger partial charge is 0.321 e. The third-order valence-electron chi connectivity index (χ3n) is 5.36. The standard InChI is InChI=1S/C21H25N5O4S3/c1-33(29,30)15-8-9-16-17(11-15)32-21(24-16)25-18(27)10-7-14-12-31-20(23-14)26-19(28)22-13-5-3-2-4-6-13/h8-9,11-13H,2-7,10H2,1H3,(H,24,25,27)(H2,22,23,26,28). The Morgan fingerprint density at radius 2 is 1.88 bits per heavy atom. The average Bonchev–Trinajstić information content (AvgIpc) is 3.37. The third-order valence-corrected chi connectivity index (χ3v) is 8.21. The molecule has 2 heterocycles. The fourth-order valence-electron chi connectivity index (χ4n) is 3.66. The number of hydrogen-bond donors (Lipinski definition) is 3. The molecule has 0 radical (unpaired) electrons. The van der Waals surface area contributed by atoms with Crippen LogP contribution in [-0.2, 0) is 21.1 Å². The van der Waals surface area contributed by atoms with Crippen LogP contribution in [0.4, 0.5) is 15.1 Å². The molecule has 0 atom stereocenters. The molecule has 1 aliphatic rings. The molecule has 2 aromatic heterocycles. The number of rotatable bonds is 7. The number of benzene rings is 1. The van der Waals surface area contributed by atoms with Gasteiger partial charge in [0.15, 0.2) is 20.1 Å². The molecule has 0 saturated heterocycles. The highest BCUT2D eigenvalue weighted by Crippen LogP contribution is 2.28. The summed E-state index contributed by atoms with van der Waals surface area (Å²) in [5, 5.41) is 11.3. The summed E-state index contributed by atoms with van der Waals surface area (Å²) < 4.78 is 24.1. The van der Waals surface area contributed by atoms with E-state index >= 15 is 0 Å². The number of carbonyl (C=O) groups excluding carboxylic acids is 2. The number of urea groups is 1. The second kappa shape index (κ2) is 10.1. The van der Waals surface area contributed by atoms with Gasteiger partial charge in [-0.1, -0.05) is 30.6 Å². The van der Waals surface area contributed by atoms with E-state index in [9.17, 15) is 18.0 Å². The number of amides is 3. The maximum atomic E-state index is 12.4. The van der Waals surface area contributed by atoms with Gasteiger partial charge in [-0.25, -0.2) is 23.2 Å². The van der Waals surface area contributed by atoms with E-state index in [0.717, 1.165) is 37.6 Å². The highest BCUT2D eigenvalue weighted by Gasteiger charge is 2.17. The molecule has 0 aliphatic heterocycles. The average molecular weight is 508 g/mol. The Bertz CT molecular complexity index is 1260. The number of nitrogens with one attached hydrogen (secondary N) is 3. The predicted octanol–water partition coefficient (Wildman–Crippen LogP) is 4.18. The molecule has 3 N–H and O–H groups in total. The first-order chi connectivity index (χ1) is 15.8. The summed E-state index contributed by atoms with van der Waals surface area (Å²) in [5.74, 6) is -0.213. The van der Waals surface area contributed by atoms with Gasteiger partial charge in [0.25, 0.3) is 0 Å². The van der Waals surface area contributed by atoms with Crippen LogP contribution >= 0.6 is 22.7 Å². The van der Waals surface area contributed by atoms with E-state index in [1.807, 2.05) is 5.38 Å². The summed E-state index contributed by atoms with van der Waals surface area (Å²) in [4.78, 5) is 33.4. The Morgan fingerprint density at radius 1 is 1.09 bits per heavy atom. The van der Waals surface area contributed by atoms with Crippen molar-refractivity contribution in [3.05, 3.63) is 29.3 Å². The first-order valence-electron chi connectivity index (χ1n) is 10.7. The van der Waals surface area contributed by atoms with Crippen LogP contribution in [-0.4, -0.2) is 42.6 Å². The van der Waals surface area contributed by atoms with Gasteiger partial charge in [-0.15, -0.1) is 11.3 Å². The van der Waals surface area contributed by atoms with Crippen LogP contribution in [0.5, 0.6) is 0 Å². The summed E-state index contributed by atoms with van der Waals surface area (Å²) in [6, 6.07) is 4.68. The zero-order chi connectivity index (χ0) is 23.4. The second-order valence-electron chi connectivity index (χ2n) is 8.05. The minimum absolute atomic E-state index is 0.210. The summed E-state index contributed by atoms with van der Waals surface area (Å²) in [6.45, 7) is 0. The van der Waals surface area contributed by atoms with Gasteiger partial charge >= 0.3 is 6.03 Å². The van der Waals surface area contributed by atoms with Crippen molar-refractivity contribution in [2.75, 3.05) is 16.9 Å². The Morgan fingerprint density at radius 3 is 2.64 bits per heavy atom. The van der Waals surface area contributed by atoms with Gasteiger partial charge in [-0.05, 0) is 37.5 Å². The van der Waals surface area contributed by atoms with Crippen molar-refractivity contribution in [3.8, 4) is 0 Å². The van der Waals surface area contributed by atoms with Crippen molar-refractivity contribution in [1.29, 1.82) is 0 Å². The fraction of sp³-hybridized carbons (Fsp3) is 0.429. The lowest BCUT2D eigenvalue weighted by atomic mass is 9.96. The molecule has 3 aromatic rings. The summed E-state index contributed by atoms with van der Waals surface area (Å²) in [6.07, 6.45) is 7.34. The van der Waals surface area contributed by atoms with E-state index < -0.39 is 9.84 Å². The lowest BCUT2D eigenvalue weighted by Crippen LogP contribution is -2.38. The number of aryl methyl sites for hydroxylation is 1. The lowest BCUT2D eigenvalue weighted by Gasteiger charge is -2.22. The van der Waals surface area contributed by atoms with E-state index in [0.29, 0.717) is 26.9 Å². The lowest BCUT2D eigenvalue weighted by molar-refractivity contribution is -0.116. The van der Waals surface area contributed by atoms with Crippen molar-refractivity contribution < 1.29 is 18.0 Å². The molecule has 1 fully saturated rings. The van der Waals surface area contributed by atoms with E-state index in [4.69, 9.17) is 0 Å². The molecule has 1 aromatic carbocycles. The maximum Gasteiger partial charge on any atom is 0.321 e. The Kier molecular flexibility index (Phi) is 7.25. The van der Waals surface area contributed by atoms with Gasteiger partial charge in [0.2, 0.25) is 5.91 Å². The van der Waals surface area contributed by atoms with Crippen LogP contribution in [0.15, 0.2) is 28.5 Å². The van der Waals surface area contributed by atoms with E-state index in [1.54, 1.807) is 12.1 Å². The van der Waals surface area contributed by atoms with Gasteiger partial charge in [0, 0.05) is 24.1 Å². The minimum Gasteiger partial charge on any atom is -0.335 e. The second-order valence-corrected chi connectivity index (χ2v) is 12.0. The third kappa shape index (κ3) is 6.49. The molecule has 33 heavy (non-hydrogen) atoms. The molecule has 4 rings (SSSR count). The predicted molar refractivity (Wildman–Crippen MR) is 131 cm³/mol. The summed E-state index contributed by atoms with van der Waals surface area (Å²) in [5.41, 5.74) is 1.36. The van der Waals surface area contributed by atoms with E-state index in [2.05, 4.69) is 25.9 Å². The number of hydrogen-bond acceptors (Lipinski definition) is 8. The fourth-order valence-corrected chi connectivity index (χ4v) is 6.04. The molecule has 0 bridgehead atoms. The topological polar surface area (TPSA) is 130 Å². The minimum atomic E-state index is -3.31. The van der Waals surface area contributed by atoms with Crippen molar-refractivity contribution in [3.63, 3.8) is 0 Å². The quantitative estimate of drug-likeness (QED) is 0.440. The van der Waals surface area contributed by atoms with Gasteiger partial charge < -0.3 is 10.6 Å². The highest BCUT2D eigenvalue weighted by molar-refractivity contribution is 7.90. The molecule has 176 valence electrons. The monoisotopic (exact) mass is 507 g/mol. The van der Waals surface area contributed by atoms with Crippen molar-refractivity contribution >= 4 is 64.9 Å². The molecule has 1 aliphatic carbocycles. The van der Waals surface area contributed by atoms with Crippen molar-refractivity contribution in [2.45, 2.75) is 55.9 Å². The first-order valence-corrected chi connectivity index (χ1v) is 14.3. The largest absolute Gasteiger partial charge is 0.335 e. The first kappa shape index (κ1) is 23.6. The van der Waals surface area contributed by atoms with Crippen molar-refractivity contribution in [1.82, 2.24) is 15.3 Å². The maximum absolute atomic E-state index is 12.4. The number of anilines is 2. The Hall–Kier alpha value is -2.57. The zero-order valence-electron chi connectivity index (χ0n) is 18.1. The highest BCUT2D eigenvalue weighted by atomic mass is 32.2. The number of aromatic nitrogens is 2. The van der Waals surface area contributed by atoms with Crippen LogP contribution in [0.3, 0.4) is 0 Å². The van der Waals surface area contributed by atoms with Crippen LogP contribution in [0.2, 0.25) is 0 Å². The SMILES string of the molecule is CS(=O)(=O)c1ccc2nc(NC(=O)CCc3csc(NC(=O)NC4CCCCC4)n3)sc2c1. The number of nitrogens with zero attached hydrogens (tertiary/aromatic N) is 2.